The molecular formula is C21H21FN4O3. The molecule has 150 valence electrons. The van der Waals surface area contributed by atoms with Gasteiger partial charge in [-0.15, -0.1) is 0 Å². The largest absolute Gasteiger partial charge is 0.478 e. The monoisotopic (exact) mass is 396 g/mol. The lowest BCUT2D eigenvalue weighted by Crippen LogP contribution is -2.38. The van der Waals surface area contributed by atoms with Crippen LogP contribution in [0.3, 0.4) is 0 Å². The van der Waals surface area contributed by atoms with Crippen LogP contribution < -0.4 is 10.5 Å². The number of hydrogen-bond donors (Lipinski definition) is 1. The Morgan fingerprint density at radius 1 is 1.17 bits per heavy atom. The highest BCUT2D eigenvalue weighted by molar-refractivity contribution is 6.11. The lowest BCUT2D eigenvalue weighted by atomic mass is 10.1. The number of anilines is 1. The van der Waals surface area contributed by atoms with Crippen molar-refractivity contribution in [1.29, 1.82) is 0 Å². The van der Waals surface area contributed by atoms with Crippen LogP contribution in [-0.4, -0.2) is 53.5 Å². The van der Waals surface area contributed by atoms with E-state index < -0.39 is 0 Å². The molecule has 0 atom stereocenters. The molecule has 0 unspecified atom stereocenters. The Bertz CT molecular complexity index is 997. The van der Waals surface area contributed by atoms with Gasteiger partial charge in [-0.2, -0.15) is 5.10 Å². The maximum absolute atomic E-state index is 13.1. The Kier molecular flexibility index (Phi) is 5.55. The maximum Gasteiger partial charge on any atom is 0.198 e. The fraction of sp³-hybridized carbons (Fsp3) is 0.238. The van der Waals surface area contributed by atoms with E-state index >= 15 is 0 Å². The second kappa shape index (κ2) is 8.42. The minimum atomic E-state index is -0.357. The van der Waals surface area contributed by atoms with Crippen LogP contribution in [0.5, 0.6) is 5.75 Å². The third-order valence-electron chi connectivity index (χ3n) is 4.74. The number of morpholine rings is 1. The van der Waals surface area contributed by atoms with Crippen molar-refractivity contribution >= 4 is 11.6 Å². The molecule has 1 saturated heterocycles. The van der Waals surface area contributed by atoms with E-state index in [4.69, 9.17) is 15.2 Å². The van der Waals surface area contributed by atoms with Crippen molar-refractivity contribution < 1.29 is 18.7 Å². The third-order valence-corrected chi connectivity index (χ3v) is 4.74. The van der Waals surface area contributed by atoms with Crippen molar-refractivity contribution in [3.8, 4) is 11.4 Å². The zero-order chi connectivity index (χ0) is 20.2. The van der Waals surface area contributed by atoms with E-state index in [1.165, 1.54) is 23.0 Å². The van der Waals surface area contributed by atoms with Crippen LogP contribution in [-0.2, 0) is 4.74 Å². The number of hydrogen-bond acceptors (Lipinski definition) is 6. The van der Waals surface area contributed by atoms with E-state index in [2.05, 4.69) is 10.00 Å². The molecule has 1 fully saturated rings. The summed E-state index contributed by atoms with van der Waals surface area (Å²) in [6.07, 6.45) is 1.42. The van der Waals surface area contributed by atoms with Gasteiger partial charge in [0, 0.05) is 18.7 Å². The molecule has 4 rings (SSSR count). The number of ether oxygens (including phenoxy) is 2. The number of carbonyl (C=O) groups is 1. The Hall–Kier alpha value is -3.23. The minimum absolute atomic E-state index is 0.196. The molecule has 0 saturated carbocycles. The lowest BCUT2D eigenvalue weighted by Gasteiger charge is -2.26. The summed E-state index contributed by atoms with van der Waals surface area (Å²) in [5, 5.41) is 4.18. The molecule has 0 aliphatic carbocycles. The molecule has 0 radical (unpaired) electrons. The van der Waals surface area contributed by atoms with Gasteiger partial charge in [0.1, 0.15) is 24.1 Å². The molecule has 2 heterocycles. The van der Waals surface area contributed by atoms with Crippen LogP contribution >= 0.6 is 0 Å². The van der Waals surface area contributed by atoms with Gasteiger partial charge in [-0.3, -0.25) is 9.69 Å². The Labute approximate surface area is 167 Å². The molecule has 29 heavy (non-hydrogen) atoms. The van der Waals surface area contributed by atoms with E-state index in [1.54, 1.807) is 30.3 Å². The van der Waals surface area contributed by atoms with Gasteiger partial charge in [0.15, 0.2) is 5.78 Å². The van der Waals surface area contributed by atoms with Gasteiger partial charge in [-0.25, -0.2) is 9.07 Å². The molecule has 0 amide bonds. The van der Waals surface area contributed by atoms with E-state index in [1.807, 2.05) is 6.07 Å². The first-order chi connectivity index (χ1) is 14.1. The first-order valence-electron chi connectivity index (χ1n) is 9.29. The fourth-order valence-corrected chi connectivity index (χ4v) is 3.10. The van der Waals surface area contributed by atoms with E-state index in [0.717, 1.165) is 13.1 Å². The summed E-state index contributed by atoms with van der Waals surface area (Å²) in [4.78, 5) is 15.1. The summed E-state index contributed by atoms with van der Waals surface area (Å²) in [5.74, 6) is 0.186. The van der Waals surface area contributed by atoms with Gasteiger partial charge in [0.2, 0.25) is 0 Å². The molecule has 1 aliphatic rings. The van der Waals surface area contributed by atoms with Crippen LogP contribution in [0.1, 0.15) is 15.9 Å². The summed E-state index contributed by atoms with van der Waals surface area (Å²) in [6.45, 7) is 3.46. The summed E-state index contributed by atoms with van der Waals surface area (Å²) < 4.78 is 25.7. The molecule has 7 nitrogen and oxygen atoms in total. The van der Waals surface area contributed by atoms with Crippen molar-refractivity contribution in [2.75, 3.05) is 38.8 Å². The predicted molar refractivity (Wildman–Crippen MR) is 106 cm³/mol. The number of rotatable bonds is 6. The summed E-state index contributed by atoms with van der Waals surface area (Å²) >= 11 is 0. The van der Waals surface area contributed by atoms with Gasteiger partial charge in [-0.1, -0.05) is 12.1 Å². The summed E-state index contributed by atoms with van der Waals surface area (Å²) in [5.41, 5.74) is 7.45. The second-order valence-electron chi connectivity index (χ2n) is 6.69. The van der Waals surface area contributed by atoms with Crippen molar-refractivity contribution in [1.82, 2.24) is 14.7 Å². The van der Waals surface area contributed by atoms with Crippen LogP contribution in [0.15, 0.2) is 54.7 Å². The van der Waals surface area contributed by atoms with Crippen molar-refractivity contribution in [3.63, 3.8) is 0 Å². The zero-order valence-electron chi connectivity index (χ0n) is 15.8. The number of nitrogens with zero attached hydrogens (tertiary/aromatic N) is 3. The standard InChI is InChI=1S/C21H21FN4O3/c22-16-4-6-17(7-5-16)26-21(23)19(13-24-26)20(27)15-2-1-3-18(12-15)29-14-25-8-10-28-11-9-25/h1-7,12-13H,8-11,14,23H2. The zero-order valence-corrected chi connectivity index (χ0v) is 15.8. The smallest absolute Gasteiger partial charge is 0.198 e. The van der Waals surface area contributed by atoms with E-state index in [9.17, 15) is 9.18 Å². The average Bonchev–Trinajstić information content (AvgIpc) is 3.14. The number of halogens is 1. The number of nitrogens with two attached hydrogens (primary N) is 1. The van der Waals surface area contributed by atoms with Gasteiger partial charge in [-0.05, 0) is 36.4 Å². The Morgan fingerprint density at radius 2 is 1.93 bits per heavy atom. The van der Waals surface area contributed by atoms with Gasteiger partial charge in [0.25, 0.3) is 0 Å². The normalized spacial score (nSPS) is 14.7. The second-order valence-corrected chi connectivity index (χ2v) is 6.69. The molecule has 2 aromatic carbocycles. The topological polar surface area (TPSA) is 82.6 Å². The Morgan fingerprint density at radius 3 is 2.69 bits per heavy atom. The number of benzene rings is 2. The first kappa shape index (κ1) is 19.1. The molecule has 8 heteroatoms. The highest BCUT2D eigenvalue weighted by atomic mass is 19.1. The summed E-state index contributed by atoms with van der Waals surface area (Å²) in [7, 11) is 0. The van der Waals surface area contributed by atoms with Crippen LogP contribution in [0, 0.1) is 5.82 Å². The number of carbonyl (C=O) groups excluding carboxylic acids is 1. The molecule has 3 aromatic rings. The van der Waals surface area contributed by atoms with Gasteiger partial charge in [0.05, 0.1) is 30.7 Å². The molecule has 2 N–H and O–H groups in total. The molecular weight excluding hydrogens is 375 g/mol. The quantitative estimate of drug-likeness (QED) is 0.645. The maximum atomic E-state index is 13.1. The van der Waals surface area contributed by atoms with Crippen LogP contribution in [0.25, 0.3) is 5.69 Å². The van der Waals surface area contributed by atoms with Gasteiger partial charge >= 0.3 is 0 Å². The average molecular weight is 396 g/mol. The fourth-order valence-electron chi connectivity index (χ4n) is 3.10. The van der Waals surface area contributed by atoms with Crippen molar-refractivity contribution in [2.24, 2.45) is 0 Å². The number of aromatic nitrogens is 2. The third kappa shape index (κ3) is 4.28. The molecule has 0 spiro atoms. The van der Waals surface area contributed by atoms with Crippen LogP contribution in [0.4, 0.5) is 10.2 Å². The number of ketones is 1. The molecule has 0 bridgehead atoms. The minimum Gasteiger partial charge on any atom is -0.478 e. The van der Waals surface area contributed by atoms with E-state index in [0.29, 0.717) is 36.9 Å². The predicted octanol–water partition coefficient (Wildman–Crippen LogP) is 2.49. The number of nitrogen functional groups attached to an aromatic ring is 1. The highest BCUT2D eigenvalue weighted by Crippen LogP contribution is 2.22. The first-order valence-corrected chi connectivity index (χ1v) is 9.29. The van der Waals surface area contributed by atoms with E-state index in [-0.39, 0.29) is 23.0 Å². The Balaban J connectivity index is 1.50. The SMILES string of the molecule is Nc1c(C(=O)c2cccc(OCN3CCOCC3)c2)cnn1-c1ccc(F)cc1. The summed E-state index contributed by atoms with van der Waals surface area (Å²) in [6, 6.07) is 12.7. The van der Waals surface area contributed by atoms with Crippen molar-refractivity contribution in [3.05, 3.63) is 71.7 Å². The highest BCUT2D eigenvalue weighted by Gasteiger charge is 2.19. The van der Waals surface area contributed by atoms with Crippen LogP contribution in [0.2, 0.25) is 0 Å². The lowest BCUT2D eigenvalue weighted by molar-refractivity contribution is 0.00406. The molecule has 1 aromatic heterocycles. The van der Waals surface area contributed by atoms with Gasteiger partial charge < -0.3 is 15.2 Å². The van der Waals surface area contributed by atoms with Crippen molar-refractivity contribution in [2.45, 2.75) is 0 Å². The molecule has 1 aliphatic heterocycles.